The third-order valence-electron chi connectivity index (χ3n) is 4.59. The van der Waals surface area contributed by atoms with Gasteiger partial charge in [-0.15, -0.1) is 11.3 Å². The molecule has 0 radical (unpaired) electrons. The van der Waals surface area contributed by atoms with Gasteiger partial charge in [0.25, 0.3) is 5.91 Å². The molecule has 31 heavy (non-hydrogen) atoms. The molecule has 0 unspecified atom stereocenters. The molecule has 0 aliphatic carbocycles. The van der Waals surface area contributed by atoms with Gasteiger partial charge in [0, 0.05) is 31.0 Å². The molecule has 0 fully saturated rings. The molecule has 0 atom stereocenters. The highest BCUT2D eigenvalue weighted by molar-refractivity contribution is 7.13. The number of aromatic nitrogens is 4. The summed E-state index contributed by atoms with van der Waals surface area (Å²) in [5.41, 5.74) is 0.248. The summed E-state index contributed by atoms with van der Waals surface area (Å²) in [6.07, 6.45) is 1.46. The van der Waals surface area contributed by atoms with Gasteiger partial charge < -0.3 is 9.88 Å². The summed E-state index contributed by atoms with van der Waals surface area (Å²) in [5.74, 6) is -0.243. The number of thiophene rings is 1. The van der Waals surface area contributed by atoms with Gasteiger partial charge >= 0.3 is 6.18 Å². The number of aryl methyl sites for hydroxylation is 1. The van der Waals surface area contributed by atoms with Gasteiger partial charge in [-0.3, -0.25) is 4.79 Å². The molecule has 6 nitrogen and oxygen atoms in total. The molecule has 0 saturated heterocycles. The first-order valence-electron chi connectivity index (χ1n) is 9.47. The number of hydrogen-bond acceptors (Lipinski definition) is 4. The summed E-state index contributed by atoms with van der Waals surface area (Å²) < 4.78 is 42.8. The number of rotatable bonds is 7. The minimum absolute atomic E-state index is 0.243. The lowest BCUT2D eigenvalue weighted by Crippen LogP contribution is -2.25. The average molecular weight is 445 g/mol. The number of nitrogens with one attached hydrogen (secondary N) is 1. The summed E-state index contributed by atoms with van der Waals surface area (Å²) in [6, 6.07) is 10.9. The van der Waals surface area contributed by atoms with Gasteiger partial charge in [-0.2, -0.15) is 18.3 Å². The predicted molar refractivity (Wildman–Crippen MR) is 111 cm³/mol. The first-order valence-corrected chi connectivity index (χ1v) is 10.4. The van der Waals surface area contributed by atoms with Crippen LogP contribution in [-0.2, 0) is 12.7 Å². The van der Waals surface area contributed by atoms with E-state index in [0.29, 0.717) is 28.4 Å². The van der Waals surface area contributed by atoms with Crippen molar-refractivity contribution in [2.24, 2.45) is 0 Å². The molecule has 3 aromatic heterocycles. The maximum absolute atomic E-state index is 13.2. The number of amides is 1. The van der Waals surface area contributed by atoms with E-state index in [9.17, 15) is 18.0 Å². The highest BCUT2D eigenvalue weighted by Crippen LogP contribution is 2.34. The zero-order valence-electron chi connectivity index (χ0n) is 16.2. The fourth-order valence-corrected chi connectivity index (χ4v) is 3.78. The Balaban J connectivity index is 1.47. The Labute approximate surface area is 180 Å². The Morgan fingerprint density at radius 3 is 2.61 bits per heavy atom. The molecule has 0 saturated carbocycles. The summed E-state index contributed by atoms with van der Waals surface area (Å²) in [7, 11) is 0. The van der Waals surface area contributed by atoms with E-state index < -0.39 is 11.9 Å². The van der Waals surface area contributed by atoms with E-state index in [0.717, 1.165) is 19.0 Å². The molecule has 1 N–H and O–H groups in total. The Hall–Kier alpha value is -3.40. The Bertz CT molecular complexity index is 1130. The normalized spacial score (nSPS) is 11.6. The van der Waals surface area contributed by atoms with Gasteiger partial charge in [0.1, 0.15) is 0 Å². The number of carbonyl (C=O) groups is 1. The second kappa shape index (κ2) is 8.76. The maximum Gasteiger partial charge on any atom is 0.435 e. The van der Waals surface area contributed by atoms with Gasteiger partial charge in [-0.1, -0.05) is 6.07 Å². The molecule has 3 heterocycles. The van der Waals surface area contributed by atoms with Crippen molar-refractivity contribution in [3.8, 4) is 16.3 Å². The van der Waals surface area contributed by atoms with Crippen LogP contribution in [0.1, 0.15) is 22.5 Å². The first kappa shape index (κ1) is 20.9. The van der Waals surface area contributed by atoms with E-state index in [2.05, 4.69) is 15.4 Å². The third kappa shape index (κ3) is 4.85. The van der Waals surface area contributed by atoms with Crippen molar-refractivity contribution >= 4 is 17.2 Å². The smallest absolute Gasteiger partial charge is 0.352 e. The maximum atomic E-state index is 13.2. The van der Waals surface area contributed by atoms with Crippen molar-refractivity contribution in [1.29, 1.82) is 0 Å². The van der Waals surface area contributed by atoms with Crippen LogP contribution in [0.5, 0.6) is 0 Å². The summed E-state index contributed by atoms with van der Waals surface area (Å²) >= 11 is 1.33. The highest BCUT2D eigenvalue weighted by atomic mass is 32.1. The number of alkyl halides is 3. The molecular formula is C21H18F3N5OS. The lowest BCUT2D eigenvalue weighted by molar-refractivity contribution is -0.141. The molecule has 160 valence electrons. The number of hydrogen-bond donors (Lipinski definition) is 1. The van der Waals surface area contributed by atoms with E-state index in [4.69, 9.17) is 0 Å². The zero-order chi connectivity index (χ0) is 21.8. The van der Waals surface area contributed by atoms with E-state index in [-0.39, 0.29) is 5.91 Å². The van der Waals surface area contributed by atoms with Crippen LogP contribution in [-0.4, -0.2) is 31.8 Å². The van der Waals surface area contributed by atoms with Crippen molar-refractivity contribution in [2.75, 3.05) is 6.54 Å². The number of nitrogens with zero attached hydrogens (tertiary/aromatic N) is 4. The van der Waals surface area contributed by atoms with Crippen LogP contribution in [0.3, 0.4) is 0 Å². The van der Waals surface area contributed by atoms with Crippen molar-refractivity contribution in [2.45, 2.75) is 19.1 Å². The number of benzene rings is 1. The largest absolute Gasteiger partial charge is 0.435 e. The molecule has 0 spiro atoms. The van der Waals surface area contributed by atoms with E-state index >= 15 is 0 Å². The third-order valence-corrected chi connectivity index (χ3v) is 5.48. The Kier molecular flexibility index (Phi) is 5.90. The van der Waals surface area contributed by atoms with Crippen molar-refractivity contribution < 1.29 is 18.0 Å². The van der Waals surface area contributed by atoms with Crippen LogP contribution in [0.15, 0.2) is 66.6 Å². The van der Waals surface area contributed by atoms with Crippen LogP contribution >= 0.6 is 11.3 Å². The Morgan fingerprint density at radius 1 is 1.16 bits per heavy atom. The number of imidazole rings is 1. The molecule has 4 aromatic rings. The van der Waals surface area contributed by atoms with E-state index in [1.165, 1.54) is 16.0 Å². The topological polar surface area (TPSA) is 64.7 Å². The van der Waals surface area contributed by atoms with Crippen LogP contribution in [0.25, 0.3) is 16.3 Å². The van der Waals surface area contributed by atoms with Crippen LogP contribution < -0.4 is 5.32 Å². The second-order valence-corrected chi connectivity index (χ2v) is 7.71. The summed E-state index contributed by atoms with van der Waals surface area (Å²) in [5, 5.41) is 8.39. The predicted octanol–water partition coefficient (Wildman–Crippen LogP) is 4.64. The van der Waals surface area contributed by atoms with Crippen molar-refractivity contribution in [1.82, 2.24) is 24.6 Å². The highest BCUT2D eigenvalue weighted by Gasteiger charge is 2.35. The molecule has 1 aromatic carbocycles. The number of halogens is 3. The molecule has 10 heteroatoms. The van der Waals surface area contributed by atoms with Crippen LogP contribution in [0, 0.1) is 0 Å². The van der Waals surface area contributed by atoms with Crippen molar-refractivity contribution in [3.63, 3.8) is 0 Å². The lowest BCUT2D eigenvalue weighted by atomic mass is 10.2. The Morgan fingerprint density at radius 2 is 1.97 bits per heavy atom. The molecule has 0 aliphatic heterocycles. The standard InChI is InChI=1S/C21H18F3N5OS/c22-21(23,24)19-13-17(18-3-1-12-31-18)29(27-19)16-6-4-15(5-7-16)20(30)26-8-2-10-28-11-9-25-14-28/h1,3-7,9,11-14H,2,8,10H2,(H,26,30). The van der Waals surface area contributed by atoms with Gasteiger partial charge in [-0.25, -0.2) is 9.67 Å². The zero-order valence-corrected chi connectivity index (χ0v) is 17.0. The van der Waals surface area contributed by atoms with E-state index in [1.807, 2.05) is 10.8 Å². The quantitative estimate of drug-likeness (QED) is 0.422. The minimum Gasteiger partial charge on any atom is -0.352 e. The van der Waals surface area contributed by atoms with E-state index in [1.54, 1.807) is 54.3 Å². The van der Waals surface area contributed by atoms with Crippen LogP contribution in [0.4, 0.5) is 13.2 Å². The SMILES string of the molecule is O=C(NCCCn1ccnc1)c1ccc(-n2nc(C(F)(F)F)cc2-c2cccs2)cc1. The summed E-state index contributed by atoms with van der Waals surface area (Å²) in [6.45, 7) is 1.24. The van der Waals surface area contributed by atoms with Gasteiger partial charge in [0.2, 0.25) is 0 Å². The fraction of sp³-hybridized carbons (Fsp3) is 0.190. The second-order valence-electron chi connectivity index (χ2n) is 6.76. The molecule has 0 bridgehead atoms. The summed E-state index contributed by atoms with van der Waals surface area (Å²) in [4.78, 5) is 17.0. The monoisotopic (exact) mass is 445 g/mol. The molecule has 4 rings (SSSR count). The lowest BCUT2D eigenvalue weighted by Gasteiger charge is -2.09. The van der Waals surface area contributed by atoms with Crippen molar-refractivity contribution in [3.05, 3.63) is 77.8 Å². The molecule has 1 amide bonds. The van der Waals surface area contributed by atoms with Crippen LogP contribution in [0.2, 0.25) is 0 Å². The molecule has 0 aliphatic rings. The fourth-order valence-electron chi connectivity index (χ4n) is 3.05. The van der Waals surface area contributed by atoms with Gasteiger partial charge in [-0.05, 0) is 48.2 Å². The van der Waals surface area contributed by atoms with Gasteiger partial charge in [0.15, 0.2) is 5.69 Å². The number of carbonyl (C=O) groups excluding carboxylic acids is 1. The molecular weight excluding hydrogens is 427 g/mol. The average Bonchev–Trinajstić information content (AvgIpc) is 3.51. The minimum atomic E-state index is -4.55. The van der Waals surface area contributed by atoms with Gasteiger partial charge in [0.05, 0.1) is 22.6 Å². The first-order chi connectivity index (χ1) is 14.9.